The molecule has 9 heteroatoms. The number of likely N-dealkylation sites (tertiary alicyclic amines) is 1. The van der Waals surface area contributed by atoms with Crippen LogP contribution in [0.2, 0.25) is 5.28 Å². The predicted octanol–water partition coefficient (Wildman–Crippen LogP) is 2.85. The first-order valence-electron chi connectivity index (χ1n) is 8.37. The molecule has 0 aromatic carbocycles. The van der Waals surface area contributed by atoms with E-state index < -0.39 is 6.10 Å². The average molecular weight is 386 g/mol. The molecule has 0 spiro atoms. The van der Waals surface area contributed by atoms with Crippen LogP contribution in [0, 0.1) is 0 Å². The van der Waals surface area contributed by atoms with Crippen LogP contribution in [0.3, 0.4) is 0 Å². The highest BCUT2D eigenvalue weighted by molar-refractivity contribution is 6.28. The summed E-state index contributed by atoms with van der Waals surface area (Å²) >= 11 is 5.84. The molecule has 4 heterocycles. The van der Waals surface area contributed by atoms with Crippen molar-refractivity contribution < 1.29 is 14.1 Å². The lowest BCUT2D eigenvalue weighted by atomic mass is 10.2. The average Bonchev–Trinajstić information content (AvgIpc) is 3.23. The van der Waals surface area contributed by atoms with Gasteiger partial charge in [0.2, 0.25) is 5.28 Å². The maximum Gasteiger partial charge on any atom is 0.312 e. The molecular weight excluding hydrogens is 370 g/mol. The van der Waals surface area contributed by atoms with E-state index in [2.05, 4.69) is 20.1 Å². The lowest BCUT2D eigenvalue weighted by Gasteiger charge is -2.13. The topological polar surface area (TPSA) is 94.2 Å². The first-order chi connectivity index (χ1) is 13.0. The van der Waals surface area contributed by atoms with Crippen LogP contribution in [0.25, 0.3) is 22.8 Å². The number of carbonyl (C=O) groups is 1. The van der Waals surface area contributed by atoms with Crippen molar-refractivity contribution >= 4 is 17.5 Å². The molecule has 1 aliphatic rings. The lowest BCUT2D eigenvalue weighted by molar-refractivity contribution is -0.133. The summed E-state index contributed by atoms with van der Waals surface area (Å²) < 4.78 is 10.9. The normalized spacial score (nSPS) is 19.5. The fourth-order valence-electron chi connectivity index (χ4n) is 2.88. The van der Waals surface area contributed by atoms with Crippen molar-refractivity contribution in [3.05, 3.63) is 41.8 Å². The van der Waals surface area contributed by atoms with Gasteiger partial charge in [-0.1, -0.05) is 11.2 Å². The van der Waals surface area contributed by atoms with E-state index in [-0.39, 0.29) is 23.2 Å². The Morgan fingerprint density at radius 3 is 2.63 bits per heavy atom. The Balaban J connectivity index is 1.55. The van der Waals surface area contributed by atoms with Crippen molar-refractivity contribution in [1.29, 1.82) is 0 Å². The molecule has 27 heavy (non-hydrogen) atoms. The Morgan fingerprint density at radius 2 is 1.93 bits per heavy atom. The van der Waals surface area contributed by atoms with Crippen LogP contribution in [0.15, 0.2) is 41.1 Å². The van der Waals surface area contributed by atoms with E-state index in [0.29, 0.717) is 29.2 Å². The van der Waals surface area contributed by atoms with E-state index in [0.717, 1.165) is 0 Å². The second kappa shape index (κ2) is 6.96. The number of halogens is 1. The van der Waals surface area contributed by atoms with Crippen molar-refractivity contribution in [2.24, 2.45) is 0 Å². The molecule has 2 atom stereocenters. The van der Waals surface area contributed by atoms with Gasteiger partial charge in [0.1, 0.15) is 5.69 Å². The second-order valence-corrected chi connectivity index (χ2v) is 6.63. The Kier molecular flexibility index (Phi) is 4.49. The van der Waals surface area contributed by atoms with Crippen molar-refractivity contribution in [2.45, 2.75) is 25.5 Å². The summed E-state index contributed by atoms with van der Waals surface area (Å²) in [4.78, 5) is 26.4. The van der Waals surface area contributed by atoms with E-state index in [1.807, 2.05) is 19.1 Å². The van der Waals surface area contributed by atoms with Gasteiger partial charge < -0.3 is 14.2 Å². The molecule has 3 aromatic heterocycles. The van der Waals surface area contributed by atoms with Crippen molar-refractivity contribution in [3.8, 4) is 28.7 Å². The number of carbonyl (C=O) groups excluding carboxylic acids is 1. The first kappa shape index (κ1) is 17.4. The minimum Gasteiger partial charge on any atom is -0.450 e. The maximum absolute atomic E-state index is 12.1. The second-order valence-electron chi connectivity index (χ2n) is 6.29. The summed E-state index contributed by atoms with van der Waals surface area (Å²) in [5.74, 6) is 0.115. The molecule has 0 radical (unpaired) electrons. The van der Waals surface area contributed by atoms with Crippen molar-refractivity contribution in [3.63, 3.8) is 0 Å². The van der Waals surface area contributed by atoms with E-state index >= 15 is 0 Å². The lowest BCUT2D eigenvalue weighted by Crippen LogP contribution is -2.31. The van der Waals surface area contributed by atoms with Crippen LogP contribution in [-0.4, -0.2) is 50.1 Å². The summed E-state index contributed by atoms with van der Waals surface area (Å²) in [7, 11) is 1.76. The molecule has 0 N–H and O–H groups in total. The fraction of sp³-hybridized carbons (Fsp3) is 0.278. The number of aromatic nitrogens is 4. The van der Waals surface area contributed by atoms with Crippen LogP contribution in [-0.2, 0) is 4.79 Å². The monoisotopic (exact) mass is 385 g/mol. The largest absolute Gasteiger partial charge is 0.450 e. The zero-order valence-electron chi connectivity index (χ0n) is 14.7. The zero-order valence-corrected chi connectivity index (χ0v) is 15.4. The van der Waals surface area contributed by atoms with E-state index in [4.69, 9.17) is 20.9 Å². The molecule has 138 valence electrons. The van der Waals surface area contributed by atoms with E-state index in [1.54, 1.807) is 36.3 Å². The molecule has 0 aliphatic carbocycles. The molecule has 0 saturated carbocycles. The zero-order chi connectivity index (χ0) is 19.0. The van der Waals surface area contributed by atoms with Crippen molar-refractivity contribution in [1.82, 2.24) is 25.0 Å². The van der Waals surface area contributed by atoms with Crippen LogP contribution < -0.4 is 4.74 Å². The van der Waals surface area contributed by atoms with Gasteiger partial charge >= 0.3 is 5.95 Å². The predicted molar refractivity (Wildman–Crippen MR) is 97.0 cm³/mol. The molecule has 1 aliphatic heterocycles. The third-order valence-electron chi connectivity index (χ3n) is 4.49. The highest BCUT2D eigenvalue weighted by Gasteiger charge is 2.37. The Morgan fingerprint density at radius 1 is 1.19 bits per heavy atom. The standard InChI is InChI=1S/C18H16ClN5O3/c1-10-8-15(17(25)24(10)2)26-16-9-14(23-27-16)12-5-3-4-11(21-12)13-6-7-20-18(19)22-13/h3-7,9-10,15H,8H2,1-2H3/t10-,15+/m1/s1. The van der Waals surface area contributed by atoms with Crippen LogP contribution in [0.5, 0.6) is 5.95 Å². The molecule has 1 fully saturated rings. The van der Waals surface area contributed by atoms with E-state index in [9.17, 15) is 4.79 Å². The Hall–Kier alpha value is -3.00. The molecular formula is C18H16ClN5O3. The third kappa shape index (κ3) is 3.48. The molecule has 8 nitrogen and oxygen atoms in total. The highest BCUT2D eigenvalue weighted by atomic mass is 35.5. The van der Waals surface area contributed by atoms with Crippen molar-refractivity contribution in [2.75, 3.05) is 7.05 Å². The minimum absolute atomic E-state index is 0.0683. The Bertz CT molecular complexity index is 992. The summed E-state index contributed by atoms with van der Waals surface area (Å²) in [6.45, 7) is 1.97. The molecule has 0 unspecified atom stereocenters. The van der Waals surface area contributed by atoms with Gasteiger partial charge in [0.25, 0.3) is 5.91 Å². The van der Waals surface area contributed by atoms with Gasteiger partial charge in [0.05, 0.1) is 23.1 Å². The molecule has 1 amide bonds. The molecule has 1 saturated heterocycles. The maximum atomic E-state index is 12.1. The summed E-state index contributed by atoms with van der Waals surface area (Å²) in [5, 5.41) is 4.15. The van der Waals surface area contributed by atoms with Gasteiger partial charge in [-0.05, 0) is 36.7 Å². The van der Waals surface area contributed by atoms with Crippen LogP contribution >= 0.6 is 11.6 Å². The van der Waals surface area contributed by atoms with Crippen LogP contribution in [0.1, 0.15) is 13.3 Å². The molecule has 3 aromatic rings. The number of ether oxygens (including phenoxy) is 1. The SMILES string of the molecule is C[C@@H]1C[C@H](Oc2cc(-c3cccc(-c4ccnc(Cl)n4)n3)no2)C(=O)N1C. The summed E-state index contributed by atoms with van der Waals surface area (Å²) in [6.07, 6.45) is 1.61. The number of amides is 1. The van der Waals surface area contributed by atoms with Crippen LogP contribution in [0.4, 0.5) is 0 Å². The van der Waals surface area contributed by atoms with Gasteiger partial charge in [-0.25, -0.2) is 15.0 Å². The smallest absolute Gasteiger partial charge is 0.312 e. The molecule has 4 rings (SSSR count). The van der Waals surface area contributed by atoms with Gasteiger partial charge in [0, 0.05) is 25.7 Å². The number of likely N-dealkylation sites (N-methyl/N-ethyl adjacent to an activating group) is 1. The van der Waals surface area contributed by atoms with E-state index in [1.165, 1.54) is 0 Å². The summed E-state index contributed by atoms with van der Waals surface area (Å²) in [5.41, 5.74) is 2.32. The number of hydrogen-bond donors (Lipinski definition) is 0. The Labute approximate surface area is 160 Å². The van der Waals surface area contributed by atoms with Gasteiger partial charge in [-0.15, -0.1) is 0 Å². The first-order valence-corrected chi connectivity index (χ1v) is 8.75. The van der Waals surface area contributed by atoms with Gasteiger partial charge in [-0.2, -0.15) is 0 Å². The third-order valence-corrected chi connectivity index (χ3v) is 4.67. The number of pyridine rings is 1. The minimum atomic E-state index is -0.562. The van der Waals surface area contributed by atoms with Gasteiger partial charge in [-0.3, -0.25) is 4.79 Å². The highest BCUT2D eigenvalue weighted by Crippen LogP contribution is 2.27. The molecule has 0 bridgehead atoms. The quantitative estimate of drug-likeness (QED) is 0.637. The summed E-state index contributed by atoms with van der Waals surface area (Å²) in [6, 6.07) is 8.91. The number of hydrogen-bond acceptors (Lipinski definition) is 7. The number of rotatable bonds is 4. The fourth-order valence-corrected chi connectivity index (χ4v) is 3.03. The van der Waals surface area contributed by atoms with Gasteiger partial charge in [0.15, 0.2) is 6.10 Å². The number of nitrogens with zero attached hydrogens (tertiary/aromatic N) is 5.